The van der Waals surface area contributed by atoms with Crippen LogP contribution in [0.4, 0.5) is 5.69 Å². The molecule has 3 aromatic rings. The van der Waals surface area contributed by atoms with Crippen molar-refractivity contribution in [1.29, 1.82) is 0 Å². The van der Waals surface area contributed by atoms with Crippen LogP contribution in [0.15, 0.2) is 70.2 Å². The van der Waals surface area contributed by atoms with Gasteiger partial charge in [-0.2, -0.15) is 0 Å². The normalized spacial score (nSPS) is 10.4. The van der Waals surface area contributed by atoms with Gasteiger partial charge in [-0.25, -0.2) is 4.98 Å². The number of benzene rings is 2. The second-order valence-electron chi connectivity index (χ2n) is 5.62. The summed E-state index contributed by atoms with van der Waals surface area (Å²) in [5.74, 6) is -0.508. The summed E-state index contributed by atoms with van der Waals surface area (Å²) in [6, 6.07) is 16.8. The van der Waals surface area contributed by atoms with Crippen LogP contribution in [0.5, 0.6) is 0 Å². The van der Waals surface area contributed by atoms with Crippen molar-refractivity contribution in [3.05, 3.63) is 66.6 Å². The molecule has 1 heterocycles. The predicted molar refractivity (Wildman–Crippen MR) is 103 cm³/mol. The average Bonchev–Trinajstić information content (AvgIpc) is 3.16. The molecule has 1 amide bonds. The third kappa shape index (κ3) is 5.46. The summed E-state index contributed by atoms with van der Waals surface area (Å²) in [6.07, 6.45) is 3.33. The van der Waals surface area contributed by atoms with E-state index in [1.54, 1.807) is 23.9 Å². The summed E-state index contributed by atoms with van der Waals surface area (Å²) < 4.78 is 10.4. The second kappa shape index (κ2) is 9.05. The molecule has 1 N–H and O–H groups in total. The fourth-order valence-corrected chi connectivity index (χ4v) is 2.73. The molecular formula is C20H18N2O4S. The Morgan fingerprint density at radius 3 is 2.56 bits per heavy atom. The minimum atomic E-state index is -0.546. The summed E-state index contributed by atoms with van der Waals surface area (Å²) in [5, 5.41) is 2.68. The van der Waals surface area contributed by atoms with E-state index in [2.05, 4.69) is 10.3 Å². The zero-order valence-corrected chi connectivity index (χ0v) is 15.5. The average molecular weight is 382 g/mol. The first-order valence-corrected chi connectivity index (χ1v) is 9.46. The Morgan fingerprint density at radius 1 is 1.11 bits per heavy atom. The van der Waals surface area contributed by atoms with E-state index >= 15 is 0 Å². The highest BCUT2D eigenvalue weighted by molar-refractivity contribution is 7.98. The zero-order chi connectivity index (χ0) is 19.1. The summed E-state index contributed by atoms with van der Waals surface area (Å²) in [7, 11) is 0. The lowest BCUT2D eigenvalue weighted by Crippen LogP contribution is -2.21. The molecule has 0 aliphatic carbocycles. The van der Waals surface area contributed by atoms with Crippen LogP contribution in [0.2, 0.25) is 0 Å². The number of esters is 1. The number of carbonyl (C=O) groups excluding carboxylic acids is 2. The number of nitrogens with one attached hydrogen (secondary N) is 1. The van der Waals surface area contributed by atoms with Gasteiger partial charge in [0.15, 0.2) is 6.61 Å². The summed E-state index contributed by atoms with van der Waals surface area (Å²) in [6.45, 7) is -0.355. The minimum absolute atomic E-state index is 0.0635. The third-order valence-corrected chi connectivity index (χ3v) is 4.38. The van der Waals surface area contributed by atoms with E-state index in [0.29, 0.717) is 17.3 Å². The van der Waals surface area contributed by atoms with Crippen LogP contribution >= 0.6 is 11.8 Å². The predicted octanol–water partition coefficient (Wildman–Crippen LogP) is 3.79. The van der Waals surface area contributed by atoms with Gasteiger partial charge in [0, 0.05) is 16.1 Å². The van der Waals surface area contributed by atoms with Crippen molar-refractivity contribution >= 4 is 29.3 Å². The molecule has 0 saturated heterocycles. The Kier molecular flexibility index (Phi) is 6.27. The fourth-order valence-electron chi connectivity index (χ4n) is 2.32. The number of amides is 1. The maximum Gasteiger partial charge on any atom is 0.312 e. The lowest BCUT2D eigenvalue weighted by atomic mass is 10.2. The van der Waals surface area contributed by atoms with E-state index in [-0.39, 0.29) is 13.0 Å². The van der Waals surface area contributed by atoms with Gasteiger partial charge < -0.3 is 14.5 Å². The van der Waals surface area contributed by atoms with Crippen molar-refractivity contribution in [3.8, 4) is 11.5 Å². The van der Waals surface area contributed by atoms with Crippen LogP contribution in [0.1, 0.15) is 5.69 Å². The molecule has 27 heavy (non-hydrogen) atoms. The Hall–Kier alpha value is -3.06. The first-order valence-electron chi connectivity index (χ1n) is 8.23. The Bertz CT molecular complexity index is 907. The van der Waals surface area contributed by atoms with E-state index in [4.69, 9.17) is 9.15 Å². The van der Waals surface area contributed by atoms with Crippen LogP contribution in [-0.4, -0.2) is 29.7 Å². The first-order chi connectivity index (χ1) is 13.1. The van der Waals surface area contributed by atoms with Gasteiger partial charge in [0.1, 0.15) is 6.26 Å². The topological polar surface area (TPSA) is 81.4 Å². The van der Waals surface area contributed by atoms with Gasteiger partial charge in [-0.05, 0) is 42.7 Å². The molecule has 138 valence electrons. The van der Waals surface area contributed by atoms with E-state index in [9.17, 15) is 9.59 Å². The molecule has 6 nitrogen and oxygen atoms in total. The molecule has 0 atom stereocenters. The smallest absolute Gasteiger partial charge is 0.312 e. The molecule has 0 fully saturated rings. The molecule has 0 aliphatic rings. The molecule has 3 rings (SSSR count). The largest absolute Gasteiger partial charge is 0.455 e. The van der Waals surface area contributed by atoms with Gasteiger partial charge in [-0.1, -0.05) is 18.2 Å². The molecule has 0 unspecified atom stereocenters. The fraction of sp³-hybridized carbons (Fsp3) is 0.150. The summed E-state index contributed by atoms with van der Waals surface area (Å²) in [5.41, 5.74) is 1.92. The van der Waals surface area contributed by atoms with Gasteiger partial charge in [-0.3, -0.25) is 9.59 Å². The third-order valence-electron chi connectivity index (χ3n) is 3.64. The quantitative estimate of drug-likeness (QED) is 0.495. The molecule has 1 aromatic heterocycles. The molecule has 7 heteroatoms. The zero-order valence-electron chi connectivity index (χ0n) is 14.7. The number of oxazole rings is 1. The van der Waals surface area contributed by atoms with E-state index in [1.165, 1.54) is 6.26 Å². The van der Waals surface area contributed by atoms with Gasteiger partial charge in [0.2, 0.25) is 5.89 Å². The van der Waals surface area contributed by atoms with Crippen molar-refractivity contribution in [2.24, 2.45) is 0 Å². The number of anilines is 1. The van der Waals surface area contributed by atoms with Crippen LogP contribution in [-0.2, 0) is 20.7 Å². The number of carbonyl (C=O) groups is 2. The number of ether oxygens (including phenoxy) is 1. The van der Waals surface area contributed by atoms with Crippen molar-refractivity contribution < 1.29 is 18.7 Å². The van der Waals surface area contributed by atoms with Gasteiger partial charge in [0.05, 0.1) is 12.1 Å². The van der Waals surface area contributed by atoms with Crippen molar-refractivity contribution in [2.75, 3.05) is 18.2 Å². The highest BCUT2D eigenvalue weighted by atomic mass is 32.2. The van der Waals surface area contributed by atoms with Crippen LogP contribution < -0.4 is 5.32 Å². The van der Waals surface area contributed by atoms with Gasteiger partial charge in [0.25, 0.3) is 5.91 Å². The van der Waals surface area contributed by atoms with Gasteiger partial charge in [-0.15, -0.1) is 11.8 Å². The number of hydrogen-bond acceptors (Lipinski definition) is 6. The van der Waals surface area contributed by atoms with Crippen LogP contribution in [0.25, 0.3) is 11.5 Å². The molecule has 0 spiro atoms. The van der Waals surface area contributed by atoms with E-state index in [0.717, 1.165) is 10.5 Å². The number of hydrogen-bond donors (Lipinski definition) is 1. The minimum Gasteiger partial charge on any atom is -0.455 e. The maximum absolute atomic E-state index is 11.9. The highest BCUT2D eigenvalue weighted by Crippen LogP contribution is 2.19. The first kappa shape index (κ1) is 18.7. The van der Waals surface area contributed by atoms with E-state index in [1.807, 2.05) is 48.7 Å². The molecular weight excluding hydrogens is 364 g/mol. The Balaban J connectivity index is 1.46. The van der Waals surface area contributed by atoms with Crippen molar-refractivity contribution in [1.82, 2.24) is 4.98 Å². The van der Waals surface area contributed by atoms with E-state index < -0.39 is 11.9 Å². The Labute approximate surface area is 160 Å². The molecule has 0 saturated carbocycles. The number of rotatable bonds is 7. The van der Waals surface area contributed by atoms with Crippen molar-refractivity contribution in [2.45, 2.75) is 11.3 Å². The van der Waals surface area contributed by atoms with Crippen LogP contribution in [0, 0.1) is 0 Å². The maximum atomic E-state index is 11.9. The molecule has 0 aliphatic heterocycles. The monoisotopic (exact) mass is 382 g/mol. The van der Waals surface area contributed by atoms with Gasteiger partial charge >= 0.3 is 5.97 Å². The number of thioether (sulfide) groups is 1. The lowest BCUT2D eigenvalue weighted by Gasteiger charge is -2.06. The second-order valence-corrected chi connectivity index (χ2v) is 6.50. The molecule has 0 radical (unpaired) electrons. The Morgan fingerprint density at radius 2 is 1.85 bits per heavy atom. The highest BCUT2D eigenvalue weighted by Gasteiger charge is 2.13. The molecule has 0 bridgehead atoms. The number of aromatic nitrogens is 1. The number of nitrogens with zero attached hydrogens (tertiary/aromatic N) is 1. The summed E-state index contributed by atoms with van der Waals surface area (Å²) in [4.78, 5) is 29.2. The molecule has 2 aromatic carbocycles. The standard InChI is InChI=1S/C20H18N2O4S/c1-27-17-9-7-15(8-10-17)21-18(23)13-25-19(24)11-16-12-26-20(22-16)14-5-3-2-4-6-14/h2-10,12H,11,13H2,1H3,(H,21,23). The van der Waals surface area contributed by atoms with Crippen LogP contribution in [0.3, 0.4) is 0 Å². The summed E-state index contributed by atoms with van der Waals surface area (Å²) >= 11 is 1.62. The SMILES string of the molecule is CSc1ccc(NC(=O)COC(=O)Cc2coc(-c3ccccc3)n2)cc1. The van der Waals surface area contributed by atoms with Crippen molar-refractivity contribution in [3.63, 3.8) is 0 Å². The lowest BCUT2D eigenvalue weighted by molar-refractivity contribution is -0.146.